The third-order valence-corrected chi connectivity index (χ3v) is 4.49. The molecular formula is C19H37N5O2. The van der Waals surface area contributed by atoms with E-state index >= 15 is 0 Å². The van der Waals surface area contributed by atoms with Crippen molar-refractivity contribution in [1.82, 2.24) is 20.4 Å². The molecule has 0 saturated carbocycles. The van der Waals surface area contributed by atoms with Crippen LogP contribution in [0.3, 0.4) is 0 Å². The maximum atomic E-state index is 5.65. The van der Waals surface area contributed by atoms with Gasteiger partial charge in [-0.25, -0.2) is 0 Å². The normalized spacial score (nSPS) is 13.4. The van der Waals surface area contributed by atoms with Crippen LogP contribution in [-0.4, -0.2) is 82.8 Å². The molecule has 0 spiro atoms. The number of methoxy groups -OCH3 is 1. The number of hydrogen-bond acceptors (Lipinski definition) is 5. The van der Waals surface area contributed by atoms with Crippen LogP contribution in [0.15, 0.2) is 27.8 Å². The Kier molecular flexibility index (Phi) is 11.8. The average Bonchev–Trinajstić information content (AvgIpc) is 3.18. The highest BCUT2D eigenvalue weighted by Gasteiger charge is 2.20. The summed E-state index contributed by atoms with van der Waals surface area (Å²) in [6.07, 6.45) is 2.78. The first kappa shape index (κ1) is 22.5. The van der Waals surface area contributed by atoms with Crippen molar-refractivity contribution < 1.29 is 9.15 Å². The highest BCUT2D eigenvalue weighted by Crippen LogP contribution is 2.20. The van der Waals surface area contributed by atoms with Gasteiger partial charge in [0.2, 0.25) is 0 Å². The zero-order valence-corrected chi connectivity index (χ0v) is 17.1. The van der Waals surface area contributed by atoms with Gasteiger partial charge in [0.15, 0.2) is 5.96 Å². The third kappa shape index (κ3) is 8.21. The fourth-order valence-corrected chi connectivity index (χ4v) is 2.92. The van der Waals surface area contributed by atoms with Gasteiger partial charge in [-0.05, 0) is 38.7 Å². The first-order valence-corrected chi connectivity index (χ1v) is 9.55. The molecule has 0 aliphatic heterocycles. The van der Waals surface area contributed by atoms with Crippen LogP contribution in [0.1, 0.15) is 32.1 Å². The number of furan rings is 1. The fourth-order valence-electron chi connectivity index (χ4n) is 2.92. The van der Waals surface area contributed by atoms with Gasteiger partial charge in [-0.1, -0.05) is 13.8 Å². The van der Waals surface area contributed by atoms with Crippen molar-refractivity contribution in [3.63, 3.8) is 0 Å². The van der Waals surface area contributed by atoms with Gasteiger partial charge in [-0.15, -0.1) is 0 Å². The number of nitrogens with one attached hydrogen (secondary N) is 2. The minimum Gasteiger partial charge on any atom is -0.468 e. The summed E-state index contributed by atoms with van der Waals surface area (Å²) in [6.45, 7) is 10.7. The molecule has 0 bridgehead atoms. The van der Waals surface area contributed by atoms with Gasteiger partial charge in [0.05, 0.1) is 12.3 Å². The Balaban J connectivity index is 2.43. The molecule has 7 heteroatoms. The molecule has 1 aromatic rings. The molecule has 0 aromatic carbocycles. The summed E-state index contributed by atoms with van der Waals surface area (Å²) in [5, 5.41) is 6.81. The van der Waals surface area contributed by atoms with E-state index in [0.717, 1.165) is 64.0 Å². The summed E-state index contributed by atoms with van der Waals surface area (Å²) in [6, 6.07) is 4.17. The molecule has 0 fully saturated rings. The second kappa shape index (κ2) is 13.6. The van der Waals surface area contributed by atoms with E-state index < -0.39 is 0 Å². The van der Waals surface area contributed by atoms with Crippen molar-refractivity contribution in [1.29, 1.82) is 0 Å². The lowest BCUT2D eigenvalue weighted by atomic mass is 10.2. The van der Waals surface area contributed by atoms with Crippen LogP contribution in [0.25, 0.3) is 0 Å². The van der Waals surface area contributed by atoms with Crippen LogP contribution in [0, 0.1) is 0 Å². The van der Waals surface area contributed by atoms with Crippen LogP contribution in [-0.2, 0) is 4.74 Å². The molecule has 7 nitrogen and oxygen atoms in total. The SMILES string of the molecule is CCN(CC)C(CNC(=NC)NCCN(C)CCCOC)c1ccco1. The zero-order chi connectivity index (χ0) is 19.2. The Hall–Kier alpha value is -1.57. The van der Waals surface area contributed by atoms with Crippen LogP contribution in [0.2, 0.25) is 0 Å². The standard InChI is InChI=1S/C19H37N5O2/c1-6-24(7-2)17(18-10-8-15-26-18)16-22-19(20-3)21-11-13-23(4)12-9-14-25-5/h8,10,15,17H,6-7,9,11-14,16H2,1-5H3,(H2,20,21,22). The first-order chi connectivity index (χ1) is 12.7. The van der Waals surface area contributed by atoms with E-state index in [2.05, 4.69) is 46.3 Å². The molecule has 0 saturated heterocycles. The van der Waals surface area contributed by atoms with Gasteiger partial charge in [0, 0.05) is 46.9 Å². The Morgan fingerprint density at radius 2 is 2.04 bits per heavy atom. The molecule has 2 N–H and O–H groups in total. The van der Waals surface area contributed by atoms with Crippen LogP contribution in [0.5, 0.6) is 0 Å². The van der Waals surface area contributed by atoms with E-state index in [1.165, 1.54) is 0 Å². The fraction of sp³-hybridized carbons (Fsp3) is 0.737. The minimum absolute atomic E-state index is 0.190. The number of rotatable bonds is 13. The molecule has 0 amide bonds. The number of guanidine groups is 1. The van der Waals surface area contributed by atoms with E-state index in [-0.39, 0.29) is 6.04 Å². The van der Waals surface area contributed by atoms with Gasteiger partial charge in [0.1, 0.15) is 5.76 Å². The summed E-state index contributed by atoms with van der Waals surface area (Å²) in [7, 11) is 5.67. The number of hydrogen-bond donors (Lipinski definition) is 2. The van der Waals surface area contributed by atoms with E-state index in [4.69, 9.17) is 9.15 Å². The number of aliphatic imine (C=N–C) groups is 1. The Labute approximate surface area is 158 Å². The molecule has 1 atom stereocenters. The minimum atomic E-state index is 0.190. The Morgan fingerprint density at radius 1 is 1.27 bits per heavy atom. The molecule has 0 aliphatic rings. The quantitative estimate of drug-likeness (QED) is 0.315. The number of nitrogens with zero attached hydrogens (tertiary/aromatic N) is 3. The first-order valence-electron chi connectivity index (χ1n) is 9.55. The van der Waals surface area contributed by atoms with E-state index in [9.17, 15) is 0 Å². The average molecular weight is 368 g/mol. The van der Waals surface area contributed by atoms with Crippen molar-refractivity contribution in [2.45, 2.75) is 26.3 Å². The molecule has 26 heavy (non-hydrogen) atoms. The molecule has 1 heterocycles. The summed E-state index contributed by atoms with van der Waals surface area (Å²) in [5.41, 5.74) is 0. The van der Waals surface area contributed by atoms with Gasteiger partial charge >= 0.3 is 0 Å². The molecule has 150 valence electrons. The Morgan fingerprint density at radius 3 is 2.62 bits per heavy atom. The molecule has 1 unspecified atom stereocenters. The van der Waals surface area contributed by atoms with Gasteiger partial charge in [-0.2, -0.15) is 0 Å². The second-order valence-electron chi connectivity index (χ2n) is 6.28. The van der Waals surface area contributed by atoms with Crippen LogP contribution < -0.4 is 10.6 Å². The maximum Gasteiger partial charge on any atom is 0.191 e. The topological polar surface area (TPSA) is 65.3 Å². The lowest BCUT2D eigenvalue weighted by molar-refractivity contribution is 0.180. The predicted molar refractivity (Wildman–Crippen MR) is 108 cm³/mol. The third-order valence-electron chi connectivity index (χ3n) is 4.49. The Bertz CT molecular complexity index is 474. The van der Waals surface area contributed by atoms with E-state index in [0.29, 0.717) is 0 Å². The largest absolute Gasteiger partial charge is 0.468 e. The van der Waals surface area contributed by atoms with Crippen molar-refractivity contribution in [2.75, 3.05) is 67.1 Å². The summed E-state index contributed by atoms with van der Waals surface area (Å²) >= 11 is 0. The van der Waals surface area contributed by atoms with Crippen molar-refractivity contribution in [2.24, 2.45) is 4.99 Å². The highest BCUT2D eigenvalue weighted by atomic mass is 16.5. The molecule has 0 radical (unpaired) electrons. The monoisotopic (exact) mass is 367 g/mol. The second-order valence-corrected chi connectivity index (χ2v) is 6.28. The van der Waals surface area contributed by atoms with Gasteiger partial charge < -0.3 is 24.7 Å². The molecular weight excluding hydrogens is 330 g/mol. The maximum absolute atomic E-state index is 5.65. The molecule has 0 aliphatic carbocycles. The van der Waals surface area contributed by atoms with Crippen molar-refractivity contribution >= 4 is 5.96 Å². The van der Waals surface area contributed by atoms with Gasteiger partial charge in [0.25, 0.3) is 0 Å². The summed E-state index contributed by atoms with van der Waals surface area (Å²) in [5.74, 6) is 1.80. The predicted octanol–water partition coefficient (Wildman–Crippen LogP) is 1.80. The van der Waals surface area contributed by atoms with Crippen molar-refractivity contribution in [3.05, 3.63) is 24.2 Å². The molecule has 1 aromatic heterocycles. The lowest BCUT2D eigenvalue weighted by Crippen LogP contribution is -2.45. The van der Waals surface area contributed by atoms with Crippen molar-refractivity contribution in [3.8, 4) is 0 Å². The zero-order valence-electron chi connectivity index (χ0n) is 17.1. The highest BCUT2D eigenvalue weighted by molar-refractivity contribution is 5.79. The van der Waals surface area contributed by atoms with Crippen LogP contribution >= 0.6 is 0 Å². The van der Waals surface area contributed by atoms with Crippen LogP contribution in [0.4, 0.5) is 0 Å². The smallest absolute Gasteiger partial charge is 0.191 e. The summed E-state index contributed by atoms with van der Waals surface area (Å²) in [4.78, 5) is 9.00. The number of ether oxygens (including phenoxy) is 1. The number of likely N-dealkylation sites (N-methyl/N-ethyl adjacent to an activating group) is 2. The van der Waals surface area contributed by atoms with E-state index in [1.807, 2.05) is 12.1 Å². The molecule has 1 rings (SSSR count). The summed E-state index contributed by atoms with van der Waals surface area (Å²) < 4.78 is 10.7. The van der Waals surface area contributed by atoms with Gasteiger partial charge in [-0.3, -0.25) is 9.89 Å². The van der Waals surface area contributed by atoms with E-state index in [1.54, 1.807) is 20.4 Å². The lowest BCUT2D eigenvalue weighted by Gasteiger charge is -2.29.